The molecule has 0 aliphatic carbocycles. The number of hydrogen-bond donors (Lipinski definition) is 0. The van der Waals surface area contributed by atoms with Crippen LogP contribution in [0.3, 0.4) is 0 Å². The van der Waals surface area contributed by atoms with Crippen molar-refractivity contribution in [3.05, 3.63) is 18.0 Å². The molecule has 1 aliphatic rings. The fourth-order valence-electron chi connectivity index (χ4n) is 2.69. The molecule has 1 aromatic heterocycles. The van der Waals surface area contributed by atoms with E-state index in [1.54, 1.807) is 6.20 Å². The third-order valence-corrected chi connectivity index (χ3v) is 3.65. The van der Waals surface area contributed by atoms with Gasteiger partial charge in [0.05, 0.1) is 11.7 Å². The standard InChI is InChI=1S/C15H25N3O2/c1-11-6-7-13(12-8-9-16-17(12)5)18(10-11)14(19)20-15(2,3)4/h8-9,11,13H,6-7,10H2,1-5H3. The fraction of sp³-hybridized carbons (Fsp3) is 0.733. The molecule has 1 aromatic rings. The summed E-state index contributed by atoms with van der Waals surface area (Å²) in [6, 6.07) is 2.05. The van der Waals surface area contributed by atoms with Gasteiger partial charge in [0.15, 0.2) is 0 Å². The third-order valence-electron chi connectivity index (χ3n) is 3.65. The van der Waals surface area contributed by atoms with Gasteiger partial charge in [-0.1, -0.05) is 6.92 Å². The van der Waals surface area contributed by atoms with E-state index < -0.39 is 5.60 Å². The number of aryl methyl sites for hydroxylation is 1. The highest BCUT2D eigenvalue weighted by atomic mass is 16.6. The molecule has 2 heterocycles. The number of ether oxygens (including phenoxy) is 1. The molecule has 0 bridgehead atoms. The maximum Gasteiger partial charge on any atom is 0.410 e. The van der Waals surface area contributed by atoms with E-state index in [1.807, 2.05) is 43.5 Å². The molecule has 5 nitrogen and oxygen atoms in total. The number of piperidine rings is 1. The van der Waals surface area contributed by atoms with Gasteiger partial charge in [-0.05, 0) is 45.6 Å². The summed E-state index contributed by atoms with van der Waals surface area (Å²) in [7, 11) is 1.92. The average molecular weight is 279 g/mol. The topological polar surface area (TPSA) is 47.4 Å². The molecule has 2 rings (SSSR count). The average Bonchev–Trinajstić information content (AvgIpc) is 2.73. The maximum atomic E-state index is 12.5. The predicted octanol–water partition coefficient (Wildman–Crippen LogP) is 3.13. The Balaban J connectivity index is 2.21. The maximum absolute atomic E-state index is 12.5. The van der Waals surface area contributed by atoms with Crippen molar-refractivity contribution in [3.63, 3.8) is 0 Å². The molecule has 0 radical (unpaired) electrons. The van der Waals surface area contributed by atoms with Crippen molar-refractivity contribution in [2.75, 3.05) is 6.54 Å². The lowest BCUT2D eigenvalue weighted by Crippen LogP contribution is -2.44. The summed E-state index contributed by atoms with van der Waals surface area (Å²) in [6.45, 7) is 8.62. The molecule has 1 fully saturated rings. The molecule has 2 atom stereocenters. The minimum Gasteiger partial charge on any atom is -0.444 e. The van der Waals surface area contributed by atoms with Gasteiger partial charge in [-0.25, -0.2) is 4.79 Å². The van der Waals surface area contributed by atoms with Crippen LogP contribution >= 0.6 is 0 Å². The molecule has 0 spiro atoms. The lowest BCUT2D eigenvalue weighted by Gasteiger charge is -2.39. The van der Waals surface area contributed by atoms with E-state index in [2.05, 4.69) is 12.0 Å². The van der Waals surface area contributed by atoms with E-state index in [4.69, 9.17) is 4.74 Å². The molecule has 0 N–H and O–H groups in total. The second kappa shape index (κ2) is 5.46. The Morgan fingerprint density at radius 1 is 1.40 bits per heavy atom. The van der Waals surface area contributed by atoms with Crippen LogP contribution in [-0.2, 0) is 11.8 Å². The summed E-state index contributed by atoms with van der Waals surface area (Å²) in [5.74, 6) is 0.506. The van der Waals surface area contributed by atoms with Gasteiger partial charge >= 0.3 is 6.09 Å². The van der Waals surface area contributed by atoms with E-state index in [0.29, 0.717) is 5.92 Å². The molecule has 2 unspecified atom stereocenters. The van der Waals surface area contributed by atoms with E-state index in [1.165, 1.54) is 0 Å². The molecular weight excluding hydrogens is 254 g/mol. The smallest absolute Gasteiger partial charge is 0.410 e. The summed E-state index contributed by atoms with van der Waals surface area (Å²) in [6.07, 6.45) is 3.63. The predicted molar refractivity (Wildman–Crippen MR) is 77.3 cm³/mol. The highest BCUT2D eigenvalue weighted by molar-refractivity contribution is 5.69. The second-order valence-electron chi connectivity index (χ2n) is 6.71. The van der Waals surface area contributed by atoms with Crippen molar-refractivity contribution in [1.82, 2.24) is 14.7 Å². The molecule has 1 saturated heterocycles. The van der Waals surface area contributed by atoms with Crippen molar-refractivity contribution in [3.8, 4) is 0 Å². The third kappa shape index (κ3) is 3.32. The summed E-state index contributed by atoms with van der Waals surface area (Å²) in [4.78, 5) is 14.3. The number of amides is 1. The number of rotatable bonds is 1. The van der Waals surface area contributed by atoms with Gasteiger partial charge in [-0.3, -0.25) is 9.58 Å². The normalized spacial score (nSPS) is 23.8. The van der Waals surface area contributed by atoms with E-state index in [-0.39, 0.29) is 12.1 Å². The first kappa shape index (κ1) is 14.9. The first-order valence-electron chi connectivity index (χ1n) is 7.25. The first-order valence-corrected chi connectivity index (χ1v) is 7.25. The van der Waals surface area contributed by atoms with Crippen LogP contribution in [0.25, 0.3) is 0 Å². The van der Waals surface area contributed by atoms with Crippen molar-refractivity contribution in [1.29, 1.82) is 0 Å². The molecule has 1 amide bonds. The van der Waals surface area contributed by atoms with Crippen LogP contribution in [0, 0.1) is 5.92 Å². The van der Waals surface area contributed by atoms with Gasteiger partial charge in [0.25, 0.3) is 0 Å². The number of nitrogens with zero attached hydrogens (tertiary/aromatic N) is 3. The molecular formula is C15H25N3O2. The van der Waals surface area contributed by atoms with E-state index >= 15 is 0 Å². The fourth-order valence-corrected chi connectivity index (χ4v) is 2.69. The van der Waals surface area contributed by atoms with Crippen LogP contribution in [0.4, 0.5) is 4.79 Å². The largest absolute Gasteiger partial charge is 0.444 e. The van der Waals surface area contributed by atoms with Gasteiger partial charge in [-0.2, -0.15) is 5.10 Å². The van der Waals surface area contributed by atoms with Crippen molar-refractivity contribution >= 4 is 6.09 Å². The van der Waals surface area contributed by atoms with Crippen LogP contribution in [0.1, 0.15) is 52.3 Å². The van der Waals surface area contributed by atoms with E-state index in [9.17, 15) is 4.79 Å². The van der Waals surface area contributed by atoms with Gasteiger partial charge in [-0.15, -0.1) is 0 Å². The Hall–Kier alpha value is -1.52. The summed E-state index contributed by atoms with van der Waals surface area (Å²) in [5, 5.41) is 4.22. The SMILES string of the molecule is CC1CCC(c2ccnn2C)N(C(=O)OC(C)(C)C)C1. The number of aromatic nitrogens is 2. The Kier molecular flexibility index (Phi) is 4.06. The minimum atomic E-state index is -0.464. The molecule has 0 saturated carbocycles. The van der Waals surface area contributed by atoms with E-state index in [0.717, 1.165) is 25.1 Å². The Morgan fingerprint density at radius 2 is 2.10 bits per heavy atom. The quantitative estimate of drug-likeness (QED) is 0.793. The molecule has 20 heavy (non-hydrogen) atoms. The minimum absolute atomic E-state index is 0.0635. The van der Waals surface area contributed by atoms with Gasteiger partial charge in [0.2, 0.25) is 0 Å². The van der Waals surface area contributed by atoms with Crippen LogP contribution < -0.4 is 0 Å². The highest BCUT2D eigenvalue weighted by Gasteiger charge is 2.35. The van der Waals surface area contributed by atoms with Gasteiger partial charge in [0.1, 0.15) is 5.60 Å². The number of likely N-dealkylation sites (tertiary alicyclic amines) is 1. The molecule has 5 heteroatoms. The number of hydrogen-bond acceptors (Lipinski definition) is 3. The Bertz CT molecular complexity index is 476. The first-order chi connectivity index (χ1) is 9.28. The zero-order valence-corrected chi connectivity index (χ0v) is 13.1. The van der Waals surface area contributed by atoms with Crippen molar-refractivity contribution in [2.24, 2.45) is 13.0 Å². The lowest BCUT2D eigenvalue weighted by atomic mass is 9.93. The summed E-state index contributed by atoms with van der Waals surface area (Å²) >= 11 is 0. The molecule has 0 aromatic carbocycles. The van der Waals surface area contributed by atoms with Crippen LogP contribution in [0.2, 0.25) is 0 Å². The Labute approximate surface area is 120 Å². The zero-order chi connectivity index (χ0) is 14.9. The second-order valence-corrected chi connectivity index (χ2v) is 6.71. The summed E-state index contributed by atoms with van der Waals surface area (Å²) in [5.41, 5.74) is 0.608. The van der Waals surface area contributed by atoms with Crippen LogP contribution in [0.15, 0.2) is 12.3 Å². The summed E-state index contributed by atoms with van der Waals surface area (Å²) < 4.78 is 7.40. The lowest BCUT2D eigenvalue weighted by molar-refractivity contribution is 0.00260. The van der Waals surface area contributed by atoms with Crippen molar-refractivity contribution < 1.29 is 9.53 Å². The number of carbonyl (C=O) groups excluding carboxylic acids is 1. The van der Waals surface area contributed by atoms with Crippen LogP contribution in [0.5, 0.6) is 0 Å². The molecule has 1 aliphatic heterocycles. The van der Waals surface area contributed by atoms with Crippen molar-refractivity contribution in [2.45, 2.75) is 52.2 Å². The number of carbonyl (C=O) groups is 1. The van der Waals surface area contributed by atoms with Gasteiger partial charge < -0.3 is 4.74 Å². The monoisotopic (exact) mass is 279 g/mol. The molecule has 112 valence electrons. The van der Waals surface area contributed by atoms with Gasteiger partial charge in [0, 0.05) is 19.8 Å². The zero-order valence-electron chi connectivity index (χ0n) is 13.1. The highest BCUT2D eigenvalue weighted by Crippen LogP contribution is 2.33. The van der Waals surface area contributed by atoms with Crippen LogP contribution in [-0.4, -0.2) is 32.9 Å². The Morgan fingerprint density at radius 3 is 2.65 bits per heavy atom.